The van der Waals surface area contributed by atoms with Crippen LogP contribution in [-0.2, 0) is 11.3 Å². The third kappa shape index (κ3) is 3.49. The van der Waals surface area contributed by atoms with E-state index in [-0.39, 0.29) is 11.5 Å². The van der Waals surface area contributed by atoms with Crippen LogP contribution in [0.2, 0.25) is 0 Å². The first-order chi connectivity index (χ1) is 7.13. The van der Waals surface area contributed by atoms with Crippen molar-refractivity contribution in [2.75, 3.05) is 0 Å². The molecule has 0 N–H and O–H groups in total. The Hall–Kier alpha value is -1.72. The fourth-order valence-corrected chi connectivity index (χ4v) is 1.18. The molecule has 6 heteroatoms. The molecule has 1 rings (SSSR count). The van der Waals surface area contributed by atoms with Crippen molar-refractivity contribution in [3.63, 3.8) is 0 Å². The number of nitrogens with zero attached hydrogens (tertiary/aromatic N) is 3. The lowest BCUT2D eigenvalue weighted by atomic mass is 10.2. The Kier molecular flexibility index (Phi) is 3.96. The van der Waals surface area contributed by atoms with Gasteiger partial charge >= 0.3 is 5.69 Å². The molecule has 0 atom stereocenters. The summed E-state index contributed by atoms with van der Waals surface area (Å²) >= 11 is 0. The molecule has 0 amide bonds. The first kappa shape index (κ1) is 11.4. The van der Waals surface area contributed by atoms with Crippen molar-refractivity contribution in [3.8, 4) is 0 Å². The molecule has 0 bridgehead atoms. The highest BCUT2D eigenvalue weighted by molar-refractivity contribution is 5.77. The van der Waals surface area contributed by atoms with Gasteiger partial charge in [0.05, 0.1) is 4.92 Å². The van der Waals surface area contributed by atoms with Gasteiger partial charge in [-0.15, -0.1) is 0 Å². The molecule has 0 aromatic carbocycles. The third-order valence-electron chi connectivity index (χ3n) is 2.07. The van der Waals surface area contributed by atoms with E-state index >= 15 is 0 Å². The Morgan fingerprint density at radius 1 is 1.67 bits per heavy atom. The van der Waals surface area contributed by atoms with Crippen molar-refractivity contribution in [1.29, 1.82) is 0 Å². The maximum atomic E-state index is 11.0. The van der Waals surface area contributed by atoms with E-state index in [1.165, 1.54) is 17.1 Å². The zero-order valence-electron chi connectivity index (χ0n) is 8.55. The van der Waals surface area contributed by atoms with Gasteiger partial charge in [0, 0.05) is 19.4 Å². The molecule has 0 radical (unpaired) electrons. The van der Waals surface area contributed by atoms with Gasteiger partial charge < -0.3 is 0 Å². The van der Waals surface area contributed by atoms with Crippen LogP contribution in [0.5, 0.6) is 0 Å². The summed E-state index contributed by atoms with van der Waals surface area (Å²) in [5, 5.41) is 14.2. The maximum Gasteiger partial charge on any atom is 0.306 e. The van der Waals surface area contributed by atoms with Crippen molar-refractivity contribution in [2.45, 2.75) is 32.7 Å². The highest BCUT2D eigenvalue weighted by Crippen LogP contribution is 2.08. The molecule has 6 nitrogen and oxygen atoms in total. The van der Waals surface area contributed by atoms with Gasteiger partial charge in [0.2, 0.25) is 0 Å². The monoisotopic (exact) mass is 211 g/mol. The Balaban J connectivity index is 2.38. The average Bonchev–Trinajstić information content (AvgIpc) is 2.66. The normalized spacial score (nSPS) is 10.2. The predicted octanol–water partition coefficient (Wildman–Crippen LogP) is 1.55. The van der Waals surface area contributed by atoms with Crippen LogP contribution in [0.4, 0.5) is 5.69 Å². The Bertz CT molecular complexity index is 359. The van der Waals surface area contributed by atoms with Crippen LogP contribution < -0.4 is 0 Å². The number of aryl methyl sites for hydroxylation is 1. The van der Waals surface area contributed by atoms with E-state index in [1.54, 1.807) is 0 Å². The minimum atomic E-state index is -0.485. The molecule has 0 spiro atoms. The topological polar surface area (TPSA) is 78.0 Å². The molecule has 0 saturated carbocycles. The summed E-state index contributed by atoms with van der Waals surface area (Å²) in [7, 11) is 0. The minimum Gasteiger partial charge on any atom is -0.300 e. The Morgan fingerprint density at radius 2 is 2.40 bits per heavy atom. The van der Waals surface area contributed by atoms with E-state index in [0.717, 1.165) is 0 Å². The van der Waals surface area contributed by atoms with E-state index < -0.39 is 4.92 Å². The second-order valence-electron chi connectivity index (χ2n) is 3.21. The van der Waals surface area contributed by atoms with E-state index in [4.69, 9.17) is 0 Å². The van der Waals surface area contributed by atoms with Crippen LogP contribution in [0.1, 0.15) is 26.2 Å². The number of hydrogen-bond donors (Lipinski definition) is 0. The molecule has 15 heavy (non-hydrogen) atoms. The highest BCUT2D eigenvalue weighted by atomic mass is 16.6. The minimum absolute atomic E-state index is 0.0168. The quantitative estimate of drug-likeness (QED) is 0.528. The summed E-state index contributed by atoms with van der Waals surface area (Å²) in [5.41, 5.74) is -0.0168. The number of carbonyl (C=O) groups is 1. The van der Waals surface area contributed by atoms with Gasteiger partial charge in [0.25, 0.3) is 0 Å². The highest BCUT2D eigenvalue weighted by Gasteiger charge is 2.08. The fourth-order valence-electron chi connectivity index (χ4n) is 1.18. The molecule has 1 aromatic heterocycles. The van der Waals surface area contributed by atoms with Gasteiger partial charge in [0.15, 0.2) is 0 Å². The molecular weight excluding hydrogens is 198 g/mol. The van der Waals surface area contributed by atoms with Gasteiger partial charge in [-0.1, -0.05) is 6.92 Å². The lowest BCUT2D eigenvalue weighted by molar-refractivity contribution is -0.385. The van der Waals surface area contributed by atoms with E-state index in [2.05, 4.69) is 5.10 Å². The summed E-state index contributed by atoms with van der Waals surface area (Å²) in [5.74, 6) is 0.205. The zero-order valence-corrected chi connectivity index (χ0v) is 8.55. The van der Waals surface area contributed by atoms with Gasteiger partial charge in [-0.3, -0.25) is 19.6 Å². The summed E-state index contributed by atoms with van der Waals surface area (Å²) < 4.78 is 1.49. The fraction of sp³-hybridized carbons (Fsp3) is 0.556. The standard InChI is InChI=1S/C9H13N3O3/c1-2-9(13)4-3-5-11-7-8(6-10-11)12(14)15/h6-7H,2-5H2,1H3. The molecule has 0 fully saturated rings. The third-order valence-corrected chi connectivity index (χ3v) is 2.07. The molecule has 0 aliphatic carbocycles. The maximum absolute atomic E-state index is 11.0. The van der Waals surface area contributed by atoms with Crippen LogP contribution in [0.25, 0.3) is 0 Å². The van der Waals surface area contributed by atoms with Crippen LogP contribution in [0.3, 0.4) is 0 Å². The van der Waals surface area contributed by atoms with E-state index in [0.29, 0.717) is 25.8 Å². The second kappa shape index (κ2) is 5.23. The van der Waals surface area contributed by atoms with E-state index in [9.17, 15) is 14.9 Å². The summed E-state index contributed by atoms with van der Waals surface area (Å²) in [6.07, 6.45) is 4.30. The molecule has 0 unspecified atom stereocenters. The lowest BCUT2D eigenvalue weighted by Gasteiger charge is -1.98. The van der Waals surface area contributed by atoms with Crippen LogP contribution in [0.15, 0.2) is 12.4 Å². The smallest absolute Gasteiger partial charge is 0.300 e. The van der Waals surface area contributed by atoms with Crippen molar-refractivity contribution in [1.82, 2.24) is 9.78 Å². The number of nitro groups is 1. The number of hydrogen-bond acceptors (Lipinski definition) is 4. The lowest BCUT2D eigenvalue weighted by Crippen LogP contribution is -2.02. The number of ketones is 1. The van der Waals surface area contributed by atoms with E-state index in [1.807, 2.05) is 6.92 Å². The Labute approximate surface area is 87.0 Å². The van der Waals surface area contributed by atoms with Crippen molar-refractivity contribution < 1.29 is 9.72 Å². The van der Waals surface area contributed by atoms with Gasteiger partial charge in [-0.2, -0.15) is 5.10 Å². The molecule has 0 aliphatic heterocycles. The molecule has 0 aliphatic rings. The molecule has 0 saturated heterocycles. The Morgan fingerprint density at radius 3 is 2.93 bits per heavy atom. The van der Waals surface area contributed by atoms with Crippen LogP contribution in [0, 0.1) is 10.1 Å². The van der Waals surface area contributed by atoms with Crippen LogP contribution >= 0.6 is 0 Å². The number of carbonyl (C=O) groups excluding carboxylic acids is 1. The molecule has 1 aromatic rings. The molecular formula is C9H13N3O3. The summed E-state index contributed by atoms with van der Waals surface area (Å²) in [4.78, 5) is 20.8. The predicted molar refractivity (Wildman–Crippen MR) is 53.4 cm³/mol. The van der Waals surface area contributed by atoms with Crippen molar-refractivity contribution >= 4 is 11.5 Å². The van der Waals surface area contributed by atoms with Crippen molar-refractivity contribution in [3.05, 3.63) is 22.5 Å². The largest absolute Gasteiger partial charge is 0.306 e. The molecule has 1 heterocycles. The first-order valence-corrected chi connectivity index (χ1v) is 4.82. The number of Topliss-reactive ketones (excluding diaryl/α,β-unsaturated/α-hetero) is 1. The first-order valence-electron chi connectivity index (χ1n) is 4.82. The summed E-state index contributed by atoms with van der Waals surface area (Å²) in [6.45, 7) is 2.36. The SMILES string of the molecule is CCC(=O)CCCn1cc([N+](=O)[O-])cn1. The number of aromatic nitrogens is 2. The van der Waals surface area contributed by atoms with Gasteiger partial charge in [0.1, 0.15) is 18.2 Å². The zero-order chi connectivity index (χ0) is 11.3. The average molecular weight is 211 g/mol. The van der Waals surface area contributed by atoms with Crippen molar-refractivity contribution in [2.24, 2.45) is 0 Å². The van der Waals surface area contributed by atoms with Crippen LogP contribution in [-0.4, -0.2) is 20.5 Å². The van der Waals surface area contributed by atoms with Gasteiger partial charge in [-0.05, 0) is 6.42 Å². The second-order valence-corrected chi connectivity index (χ2v) is 3.21. The number of rotatable bonds is 6. The summed E-state index contributed by atoms with van der Waals surface area (Å²) in [6, 6.07) is 0. The molecule has 82 valence electrons. The van der Waals surface area contributed by atoms with Gasteiger partial charge in [-0.25, -0.2) is 0 Å².